The van der Waals surface area contributed by atoms with E-state index in [0.29, 0.717) is 11.4 Å². The Morgan fingerprint density at radius 2 is 2.15 bits per heavy atom. The van der Waals surface area contributed by atoms with Gasteiger partial charge < -0.3 is 10.5 Å². The van der Waals surface area contributed by atoms with Crippen molar-refractivity contribution in [2.75, 3.05) is 18.9 Å². The Hall–Kier alpha value is -2.16. The van der Waals surface area contributed by atoms with Gasteiger partial charge in [0.2, 0.25) is 0 Å². The first-order valence-electron chi connectivity index (χ1n) is 5.75. The van der Waals surface area contributed by atoms with Crippen molar-refractivity contribution in [3.05, 3.63) is 24.0 Å². The molecular weight excluding hydrogens is 275 g/mol. The zero-order valence-electron chi connectivity index (χ0n) is 10.3. The van der Waals surface area contributed by atoms with Crippen molar-refractivity contribution in [2.24, 2.45) is 0 Å². The maximum atomic E-state index is 13.4. The molecule has 0 radical (unpaired) electrons. The lowest BCUT2D eigenvalue weighted by molar-refractivity contribution is 0.0140. The third-order valence-electron chi connectivity index (χ3n) is 2.48. The molecule has 0 saturated carbocycles. The van der Waals surface area contributed by atoms with Crippen LogP contribution in [-0.4, -0.2) is 39.8 Å². The number of anilines is 1. The SMILES string of the molecule is Nc1ccc(-c2nnnn2CCOCC(F)F)cc1F. The third-order valence-corrected chi connectivity index (χ3v) is 2.48. The minimum atomic E-state index is -2.52. The van der Waals surface area contributed by atoms with Gasteiger partial charge in [0.15, 0.2) is 5.82 Å². The summed E-state index contributed by atoms with van der Waals surface area (Å²) in [6, 6.07) is 4.18. The second-order valence-electron chi connectivity index (χ2n) is 3.93. The van der Waals surface area contributed by atoms with Crippen molar-refractivity contribution in [3.8, 4) is 11.4 Å². The summed E-state index contributed by atoms with van der Waals surface area (Å²) in [7, 11) is 0. The molecule has 0 aliphatic carbocycles. The topological polar surface area (TPSA) is 78.9 Å². The van der Waals surface area contributed by atoms with Gasteiger partial charge in [-0.25, -0.2) is 17.9 Å². The predicted octanol–water partition coefficient (Wildman–Crippen LogP) is 1.34. The molecule has 1 heterocycles. The Labute approximate surface area is 112 Å². The van der Waals surface area contributed by atoms with Crippen molar-refractivity contribution in [1.29, 1.82) is 0 Å². The van der Waals surface area contributed by atoms with Crippen LogP contribution in [0.2, 0.25) is 0 Å². The maximum Gasteiger partial charge on any atom is 0.261 e. The Morgan fingerprint density at radius 1 is 1.35 bits per heavy atom. The van der Waals surface area contributed by atoms with E-state index in [0.717, 1.165) is 0 Å². The minimum Gasteiger partial charge on any atom is -0.396 e. The highest BCUT2D eigenvalue weighted by atomic mass is 19.3. The summed E-state index contributed by atoms with van der Waals surface area (Å²) in [5, 5.41) is 10.9. The summed E-state index contributed by atoms with van der Waals surface area (Å²) in [5.41, 5.74) is 5.84. The molecule has 6 nitrogen and oxygen atoms in total. The molecule has 0 fully saturated rings. The Morgan fingerprint density at radius 3 is 2.85 bits per heavy atom. The van der Waals surface area contributed by atoms with Crippen LogP contribution in [0.3, 0.4) is 0 Å². The van der Waals surface area contributed by atoms with Crippen LogP contribution in [0.25, 0.3) is 11.4 Å². The van der Waals surface area contributed by atoms with E-state index in [4.69, 9.17) is 10.5 Å². The average Bonchev–Trinajstić information content (AvgIpc) is 2.86. The fourth-order valence-electron chi connectivity index (χ4n) is 1.55. The first-order valence-corrected chi connectivity index (χ1v) is 5.75. The lowest BCUT2D eigenvalue weighted by Gasteiger charge is -2.06. The van der Waals surface area contributed by atoms with Gasteiger partial charge >= 0.3 is 0 Å². The first kappa shape index (κ1) is 14.3. The lowest BCUT2D eigenvalue weighted by atomic mass is 10.2. The normalized spacial score (nSPS) is 11.2. The van der Waals surface area contributed by atoms with Crippen LogP contribution in [0.1, 0.15) is 0 Å². The van der Waals surface area contributed by atoms with Crippen LogP contribution in [0, 0.1) is 5.82 Å². The van der Waals surface area contributed by atoms with Gasteiger partial charge in [0.05, 0.1) is 18.8 Å². The van der Waals surface area contributed by atoms with Crippen molar-refractivity contribution in [1.82, 2.24) is 20.2 Å². The van der Waals surface area contributed by atoms with Gasteiger partial charge in [0.25, 0.3) is 6.43 Å². The van der Waals surface area contributed by atoms with Crippen molar-refractivity contribution < 1.29 is 17.9 Å². The van der Waals surface area contributed by atoms with Crippen molar-refractivity contribution in [3.63, 3.8) is 0 Å². The van der Waals surface area contributed by atoms with Gasteiger partial charge in [-0.15, -0.1) is 5.10 Å². The maximum absolute atomic E-state index is 13.4. The summed E-state index contributed by atoms with van der Waals surface area (Å²) in [6.07, 6.45) is -2.52. The molecule has 2 N–H and O–H groups in total. The molecule has 0 aliphatic rings. The Kier molecular flexibility index (Phi) is 4.51. The third kappa shape index (κ3) is 3.44. The molecule has 0 saturated heterocycles. The monoisotopic (exact) mass is 287 g/mol. The number of aromatic nitrogens is 4. The molecule has 0 bridgehead atoms. The quantitative estimate of drug-likeness (QED) is 0.640. The molecule has 0 spiro atoms. The average molecular weight is 287 g/mol. The molecule has 0 aliphatic heterocycles. The van der Waals surface area contributed by atoms with Crippen molar-refractivity contribution in [2.45, 2.75) is 13.0 Å². The number of hydrogen-bond acceptors (Lipinski definition) is 5. The number of tetrazole rings is 1. The number of alkyl halides is 2. The molecule has 0 amide bonds. The summed E-state index contributed by atoms with van der Waals surface area (Å²) in [6.45, 7) is -0.436. The molecule has 0 atom stereocenters. The van der Waals surface area contributed by atoms with Gasteiger partial charge in [-0.2, -0.15) is 0 Å². The van der Waals surface area contributed by atoms with Gasteiger partial charge in [-0.05, 0) is 28.6 Å². The molecule has 0 unspecified atom stereocenters. The highest BCUT2D eigenvalue weighted by Crippen LogP contribution is 2.20. The fraction of sp³-hybridized carbons (Fsp3) is 0.364. The fourth-order valence-corrected chi connectivity index (χ4v) is 1.55. The van der Waals surface area contributed by atoms with Crippen molar-refractivity contribution >= 4 is 5.69 Å². The lowest BCUT2D eigenvalue weighted by Crippen LogP contribution is -2.12. The van der Waals surface area contributed by atoms with Crippen LogP contribution in [0.5, 0.6) is 0 Å². The molecule has 2 rings (SSSR count). The van der Waals surface area contributed by atoms with E-state index in [1.807, 2.05) is 0 Å². The van der Waals surface area contributed by atoms with Crippen LogP contribution in [-0.2, 0) is 11.3 Å². The Balaban J connectivity index is 2.06. The van der Waals surface area contributed by atoms with E-state index >= 15 is 0 Å². The molecule has 9 heteroatoms. The van der Waals surface area contributed by atoms with E-state index in [2.05, 4.69) is 15.5 Å². The predicted molar refractivity (Wildman–Crippen MR) is 64.4 cm³/mol. The number of benzene rings is 1. The summed E-state index contributed by atoms with van der Waals surface area (Å²) in [5.74, 6) is -0.268. The molecule has 2 aromatic rings. The van der Waals surface area contributed by atoms with E-state index in [9.17, 15) is 13.2 Å². The van der Waals surface area contributed by atoms with Gasteiger partial charge in [-0.3, -0.25) is 0 Å². The number of ether oxygens (including phenoxy) is 1. The first-order chi connectivity index (χ1) is 9.58. The summed E-state index contributed by atoms with van der Waals surface area (Å²) < 4.78 is 43.3. The van der Waals surface area contributed by atoms with E-state index in [-0.39, 0.29) is 18.8 Å². The second kappa shape index (κ2) is 6.33. The van der Waals surface area contributed by atoms with E-state index in [1.165, 1.54) is 16.8 Å². The number of halogens is 3. The zero-order valence-corrected chi connectivity index (χ0v) is 10.3. The van der Waals surface area contributed by atoms with Gasteiger partial charge in [-0.1, -0.05) is 0 Å². The molecule has 108 valence electrons. The number of hydrogen-bond donors (Lipinski definition) is 1. The van der Waals surface area contributed by atoms with Crippen LogP contribution in [0.4, 0.5) is 18.9 Å². The minimum absolute atomic E-state index is 0.0213. The number of rotatable bonds is 6. The molecular formula is C11H12F3N5O. The smallest absolute Gasteiger partial charge is 0.261 e. The van der Waals surface area contributed by atoms with Crippen LogP contribution < -0.4 is 5.73 Å². The summed E-state index contributed by atoms with van der Waals surface area (Å²) in [4.78, 5) is 0. The number of nitrogens with two attached hydrogens (primary N) is 1. The standard InChI is InChI=1S/C11H12F3N5O/c12-8-5-7(1-2-9(8)15)11-16-17-18-19(11)3-4-20-6-10(13)14/h1-2,5,10H,3-4,6,15H2. The van der Waals surface area contributed by atoms with Gasteiger partial charge in [0.1, 0.15) is 12.4 Å². The van der Waals surface area contributed by atoms with Crippen LogP contribution in [0.15, 0.2) is 18.2 Å². The molecule has 1 aromatic heterocycles. The van der Waals surface area contributed by atoms with Gasteiger partial charge in [0, 0.05) is 5.56 Å². The van der Waals surface area contributed by atoms with E-state index < -0.39 is 18.8 Å². The second-order valence-corrected chi connectivity index (χ2v) is 3.93. The zero-order chi connectivity index (χ0) is 14.5. The molecule has 20 heavy (non-hydrogen) atoms. The highest BCUT2D eigenvalue weighted by molar-refractivity contribution is 5.58. The van der Waals surface area contributed by atoms with E-state index in [1.54, 1.807) is 6.07 Å². The largest absolute Gasteiger partial charge is 0.396 e. The molecule has 1 aromatic carbocycles. The number of nitrogen functional groups attached to an aromatic ring is 1. The highest BCUT2D eigenvalue weighted by Gasteiger charge is 2.11. The number of nitrogens with zero attached hydrogens (tertiary/aromatic N) is 4. The summed E-state index contributed by atoms with van der Waals surface area (Å²) >= 11 is 0. The van der Waals surface area contributed by atoms with Crippen LogP contribution >= 0.6 is 0 Å². The Bertz CT molecular complexity index is 575.